The van der Waals surface area contributed by atoms with Crippen molar-refractivity contribution in [2.24, 2.45) is 0 Å². The second kappa shape index (κ2) is 9.40. The average molecular weight is 477 g/mol. The summed E-state index contributed by atoms with van der Waals surface area (Å²) in [5, 5.41) is 7.09. The highest BCUT2D eigenvalue weighted by molar-refractivity contribution is 7.92. The summed E-state index contributed by atoms with van der Waals surface area (Å²) in [6.07, 6.45) is 1.67. The number of carbonyl (C=O) groups is 1. The van der Waals surface area contributed by atoms with E-state index in [1.807, 2.05) is 31.2 Å². The van der Waals surface area contributed by atoms with Gasteiger partial charge in [-0.1, -0.05) is 30.3 Å². The van der Waals surface area contributed by atoms with Crippen LogP contribution in [0, 0.1) is 6.92 Å². The van der Waals surface area contributed by atoms with E-state index in [-0.39, 0.29) is 10.6 Å². The van der Waals surface area contributed by atoms with Crippen LogP contribution in [0.2, 0.25) is 0 Å². The van der Waals surface area contributed by atoms with Crippen LogP contribution in [0.4, 0.5) is 11.4 Å². The molecule has 0 atom stereocenters. The summed E-state index contributed by atoms with van der Waals surface area (Å²) in [5.74, 6) is 0.164. The van der Waals surface area contributed by atoms with E-state index in [1.165, 1.54) is 23.5 Å². The first-order chi connectivity index (χ1) is 16.3. The zero-order valence-corrected chi connectivity index (χ0v) is 19.8. The number of methoxy groups -OCH3 is 1. The lowest BCUT2D eigenvalue weighted by Crippen LogP contribution is -2.26. The minimum absolute atomic E-state index is 0.0617. The highest BCUT2D eigenvalue weighted by Gasteiger charge is 2.22. The van der Waals surface area contributed by atoms with Crippen LogP contribution in [0.15, 0.2) is 90.0 Å². The van der Waals surface area contributed by atoms with Crippen molar-refractivity contribution in [2.75, 3.05) is 23.8 Å². The number of ether oxygens (including phenoxy) is 1. The number of aromatic nitrogens is 2. The van der Waals surface area contributed by atoms with E-state index in [9.17, 15) is 13.2 Å². The van der Waals surface area contributed by atoms with Gasteiger partial charge in [-0.05, 0) is 61.0 Å². The lowest BCUT2D eigenvalue weighted by molar-refractivity contribution is 0.102. The van der Waals surface area contributed by atoms with Crippen LogP contribution in [0.25, 0.3) is 5.69 Å². The van der Waals surface area contributed by atoms with Crippen molar-refractivity contribution in [2.45, 2.75) is 11.8 Å². The second-order valence-corrected chi connectivity index (χ2v) is 9.58. The predicted molar refractivity (Wildman–Crippen MR) is 131 cm³/mol. The van der Waals surface area contributed by atoms with Gasteiger partial charge in [0.15, 0.2) is 5.69 Å². The molecule has 0 fully saturated rings. The number of hydrogen-bond donors (Lipinski definition) is 1. The van der Waals surface area contributed by atoms with Crippen LogP contribution in [0.1, 0.15) is 16.1 Å². The molecule has 0 radical (unpaired) electrons. The minimum atomic E-state index is -3.81. The molecule has 9 heteroatoms. The first-order valence-electron chi connectivity index (χ1n) is 10.5. The largest absolute Gasteiger partial charge is 0.494 e. The van der Waals surface area contributed by atoms with Gasteiger partial charge in [0.25, 0.3) is 15.9 Å². The summed E-state index contributed by atoms with van der Waals surface area (Å²) in [6, 6.07) is 22.1. The van der Waals surface area contributed by atoms with Gasteiger partial charge >= 0.3 is 0 Å². The maximum absolute atomic E-state index is 13.1. The molecular formula is C25H24N4O4S. The molecule has 34 heavy (non-hydrogen) atoms. The van der Waals surface area contributed by atoms with E-state index < -0.39 is 15.9 Å². The quantitative estimate of drug-likeness (QED) is 0.430. The molecule has 1 N–H and O–H groups in total. The Balaban J connectivity index is 1.55. The van der Waals surface area contributed by atoms with Crippen LogP contribution in [-0.4, -0.2) is 38.3 Å². The third-order valence-corrected chi connectivity index (χ3v) is 7.05. The Bertz CT molecular complexity index is 1430. The Morgan fingerprint density at radius 3 is 2.50 bits per heavy atom. The Morgan fingerprint density at radius 2 is 1.76 bits per heavy atom. The van der Waals surface area contributed by atoms with Crippen molar-refractivity contribution in [1.29, 1.82) is 0 Å². The first kappa shape index (κ1) is 23.1. The summed E-state index contributed by atoms with van der Waals surface area (Å²) >= 11 is 0. The molecule has 1 heterocycles. The summed E-state index contributed by atoms with van der Waals surface area (Å²) in [5.41, 5.74) is 2.79. The van der Waals surface area contributed by atoms with Crippen LogP contribution in [0.5, 0.6) is 5.75 Å². The van der Waals surface area contributed by atoms with Gasteiger partial charge in [0, 0.05) is 18.9 Å². The normalized spacial score (nSPS) is 11.1. The average Bonchev–Trinajstić information content (AvgIpc) is 3.35. The van der Waals surface area contributed by atoms with E-state index in [4.69, 9.17) is 4.74 Å². The van der Waals surface area contributed by atoms with Crippen LogP contribution in [-0.2, 0) is 10.0 Å². The molecule has 1 amide bonds. The molecule has 0 aliphatic carbocycles. The van der Waals surface area contributed by atoms with Gasteiger partial charge < -0.3 is 10.1 Å². The van der Waals surface area contributed by atoms with Crippen LogP contribution >= 0.6 is 0 Å². The van der Waals surface area contributed by atoms with Gasteiger partial charge in [-0.3, -0.25) is 9.10 Å². The van der Waals surface area contributed by atoms with Gasteiger partial charge in [-0.2, -0.15) is 5.10 Å². The van der Waals surface area contributed by atoms with Crippen molar-refractivity contribution >= 4 is 27.3 Å². The van der Waals surface area contributed by atoms with Gasteiger partial charge in [0.2, 0.25) is 0 Å². The molecule has 174 valence electrons. The van der Waals surface area contributed by atoms with E-state index in [0.717, 1.165) is 5.56 Å². The third kappa shape index (κ3) is 4.65. The number of para-hydroxylation sites is 1. The smallest absolute Gasteiger partial charge is 0.276 e. The number of nitrogens with zero attached hydrogens (tertiary/aromatic N) is 3. The fourth-order valence-electron chi connectivity index (χ4n) is 3.42. The molecule has 4 rings (SSSR count). The molecule has 0 bridgehead atoms. The van der Waals surface area contributed by atoms with Crippen molar-refractivity contribution in [3.63, 3.8) is 0 Å². The predicted octanol–water partition coefficient (Wildman–Crippen LogP) is 4.27. The molecule has 3 aromatic carbocycles. The number of benzene rings is 3. The molecule has 1 aromatic heterocycles. The number of anilines is 2. The first-order valence-corrected chi connectivity index (χ1v) is 11.9. The summed E-state index contributed by atoms with van der Waals surface area (Å²) in [7, 11) is -0.751. The molecule has 0 saturated carbocycles. The monoisotopic (exact) mass is 476 g/mol. The van der Waals surface area contributed by atoms with E-state index in [2.05, 4.69) is 10.4 Å². The number of amides is 1. The van der Waals surface area contributed by atoms with Crippen molar-refractivity contribution in [3.8, 4) is 11.4 Å². The molecule has 8 nitrogen and oxygen atoms in total. The topological polar surface area (TPSA) is 93.5 Å². The van der Waals surface area contributed by atoms with Gasteiger partial charge in [0.1, 0.15) is 11.4 Å². The lowest BCUT2D eigenvalue weighted by Gasteiger charge is -2.19. The fraction of sp³-hybridized carbons (Fsp3) is 0.120. The number of sulfonamides is 1. The van der Waals surface area contributed by atoms with Crippen molar-refractivity contribution < 1.29 is 17.9 Å². The fourth-order valence-corrected chi connectivity index (χ4v) is 4.66. The lowest BCUT2D eigenvalue weighted by atomic mass is 10.2. The molecule has 0 aliphatic heterocycles. The second-order valence-electron chi connectivity index (χ2n) is 7.61. The van der Waals surface area contributed by atoms with Gasteiger partial charge in [0.05, 0.1) is 17.7 Å². The Labute approximate surface area is 198 Å². The number of hydrogen-bond acceptors (Lipinski definition) is 5. The van der Waals surface area contributed by atoms with Crippen molar-refractivity contribution in [3.05, 3.63) is 96.3 Å². The van der Waals surface area contributed by atoms with E-state index >= 15 is 0 Å². The maximum Gasteiger partial charge on any atom is 0.276 e. The van der Waals surface area contributed by atoms with Gasteiger partial charge in [-0.15, -0.1) is 0 Å². The molecule has 0 aliphatic rings. The third-order valence-electron chi connectivity index (χ3n) is 5.27. The SMILES string of the molecule is COc1ccc(C)cc1-n1ccc(C(=O)Nc2cccc(S(=O)(=O)N(C)c3ccccc3)c2)n1. The van der Waals surface area contributed by atoms with Gasteiger partial charge in [-0.25, -0.2) is 13.1 Å². The zero-order valence-electron chi connectivity index (χ0n) is 19.0. The summed E-state index contributed by atoms with van der Waals surface area (Å²) in [6.45, 7) is 1.95. The van der Waals surface area contributed by atoms with E-state index in [0.29, 0.717) is 22.8 Å². The molecule has 0 spiro atoms. The number of rotatable bonds is 7. The highest BCUT2D eigenvalue weighted by Crippen LogP contribution is 2.25. The zero-order chi connectivity index (χ0) is 24.3. The number of aryl methyl sites for hydroxylation is 1. The summed E-state index contributed by atoms with van der Waals surface area (Å²) in [4.78, 5) is 12.9. The van der Waals surface area contributed by atoms with Crippen LogP contribution in [0.3, 0.4) is 0 Å². The highest BCUT2D eigenvalue weighted by atomic mass is 32.2. The molecule has 4 aromatic rings. The Morgan fingerprint density at radius 1 is 1.00 bits per heavy atom. The number of carbonyl (C=O) groups excluding carboxylic acids is 1. The maximum atomic E-state index is 13.1. The van der Waals surface area contributed by atoms with E-state index in [1.54, 1.807) is 60.5 Å². The number of nitrogens with one attached hydrogen (secondary N) is 1. The van der Waals surface area contributed by atoms with Crippen LogP contribution < -0.4 is 14.4 Å². The Hall–Kier alpha value is -4.11. The molecule has 0 saturated heterocycles. The summed E-state index contributed by atoms with van der Waals surface area (Å²) < 4.78 is 34.3. The van der Waals surface area contributed by atoms with Crippen molar-refractivity contribution in [1.82, 2.24) is 9.78 Å². The molecule has 0 unspecified atom stereocenters. The standard InChI is InChI=1S/C25H24N4O4S/c1-18-12-13-24(33-3)23(16-18)29-15-14-22(27-29)25(30)26-19-8-7-11-21(17-19)34(31,32)28(2)20-9-5-4-6-10-20/h4-17H,1-3H3,(H,26,30). The Kier molecular flexibility index (Phi) is 6.38. The molecular weight excluding hydrogens is 452 g/mol. The minimum Gasteiger partial charge on any atom is -0.494 e.